The predicted octanol–water partition coefficient (Wildman–Crippen LogP) is 2.44. The van der Waals surface area contributed by atoms with Crippen molar-refractivity contribution in [1.29, 1.82) is 0 Å². The minimum Gasteiger partial charge on any atom is -0.486 e. The molecule has 0 saturated carbocycles. The number of nitrogens with one attached hydrogen (secondary N) is 1. The van der Waals surface area contributed by atoms with Gasteiger partial charge in [0.1, 0.15) is 13.2 Å². The molecule has 9 heteroatoms. The van der Waals surface area contributed by atoms with E-state index >= 15 is 0 Å². The van der Waals surface area contributed by atoms with Gasteiger partial charge < -0.3 is 19.7 Å². The quantitative estimate of drug-likeness (QED) is 0.800. The van der Waals surface area contributed by atoms with Crippen LogP contribution in [0, 0.1) is 0 Å². The Kier molecular flexibility index (Phi) is 6.01. The van der Waals surface area contributed by atoms with Gasteiger partial charge in [0.05, 0.1) is 24.0 Å². The second-order valence-electron chi connectivity index (χ2n) is 7.23. The zero-order chi connectivity index (χ0) is 20.2. The number of nitrogens with zero attached hydrogens (tertiary/aromatic N) is 4. The lowest BCUT2D eigenvalue weighted by Crippen LogP contribution is -2.46. The van der Waals surface area contributed by atoms with Crippen LogP contribution >= 0.6 is 11.6 Å². The molecule has 0 bridgehead atoms. The zero-order valence-corrected chi connectivity index (χ0v) is 17.1. The lowest BCUT2D eigenvalue weighted by atomic mass is 10.0. The van der Waals surface area contributed by atoms with Crippen LogP contribution in [0.25, 0.3) is 0 Å². The lowest BCUT2D eigenvalue weighted by Gasteiger charge is -2.36. The summed E-state index contributed by atoms with van der Waals surface area (Å²) in [6.45, 7) is 3.12. The number of benzene rings is 1. The second-order valence-corrected chi connectivity index (χ2v) is 7.66. The molecule has 0 aliphatic carbocycles. The van der Waals surface area contributed by atoms with Crippen molar-refractivity contribution in [3.8, 4) is 11.5 Å². The number of ether oxygens (including phenoxy) is 2. The summed E-state index contributed by atoms with van der Waals surface area (Å²) in [7, 11) is 2.00. The molecule has 2 aliphatic rings. The van der Waals surface area contributed by atoms with Gasteiger partial charge in [-0.05, 0) is 25.0 Å². The first kappa shape index (κ1) is 19.7. The average molecular weight is 418 g/mol. The highest BCUT2D eigenvalue weighted by Gasteiger charge is 2.25. The molecule has 4 rings (SSSR count). The van der Waals surface area contributed by atoms with Crippen molar-refractivity contribution in [1.82, 2.24) is 14.9 Å². The highest BCUT2D eigenvalue weighted by atomic mass is 35.5. The molecule has 1 aromatic carbocycles. The molecule has 0 radical (unpaired) electrons. The van der Waals surface area contributed by atoms with E-state index < -0.39 is 0 Å². The normalized spacial score (nSPS) is 17.0. The van der Waals surface area contributed by atoms with Gasteiger partial charge in [0, 0.05) is 37.9 Å². The van der Waals surface area contributed by atoms with E-state index in [1.165, 1.54) is 0 Å². The Morgan fingerprint density at radius 2 is 1.90 bits per heavy atom. The van der Waals surface area contributed by atoms with E-state index in [0.29, 0.717) is 54.0 Å². The van der Waals surface area contributed by atoms with Crippen LogP contribution in [-0.2, 0) is 4.79 Å². The Balaban J connectivity index is 1.26. The van der Waals surface area contributed by atoms with Crippen LogP contribution in [0.1, 0.15) is 12.8 Å². The number of aromatic nitrogens is 2. The molecule has 154 valence electrons. The van der Waals surface area contributed by atoms with Gasteiger partial charge in [0.25, 0.3) is 0 Å². The van der Waals surface area contributed by atoms with Crippen molar-refractivity contribution in [3.63, 3.8) is 0 Å². The van der Waals surface area contributed by atoms with Crippen molar-refractivity contribution >= 4 is 29.1 Å². The van der Waals surface area contributed by atoms with Gasteiger partial charge in [0.2, 0.25) is 11.9 Å². The van der Waals surface area contributed by atoms with Crippen LogP contribution in [-0.4, -0.2) is 66.7 Å². The number of anilines is 2. The Hall–Kier alpha value is -2.58. The SMILES string of the molecule is CN(c1ncc(Cl)cn1)C1CCN(CC(=O)Nc2ccc3c(c2)OCCO3)CC1. The van der Waals surface area contributed by atoms with Crippen molar-refractivity contribution < 1.29 is 14.3 Å². The van der Waals surface area contributed by atoms with E-state index in [9.17, 15) is 4.79 Å². The van der Waals surface area contributed by atoms with Gasteiger partial charge in [-0.3, -0.25) is 9.69 Å². The largest absolute Gasteiger partial charge is 0.486 e. The smallest absolute Gasteiger partial charge is 0.238 e. The third kappa shape index (κ3) is 4.89. The van der Waals surface area contributed by atoms with E-state index in [-0.39, 0.29) is 5.91 Å². The first-order valence-corrected chi connectivity index (χ1v) is 10.1. The monoisotopic (exact) mass is 417 g/mol. The topological polar surface area (TPSA) is 79.8 Å². The first-order chi connectivity index (χ1) is 14.1. The Morgan fingerprint density at radius 1 is 1.21 bits per heavy atom. The molecule has 1 N–H and O–H groups in total. The van der Waals surface area contributed by atoms with Gasteiger partial charge >= 0.3 is 0 Å². The van der Waals surface area contributed by atoms with E-state index in [4.69, 9.17) is 21.1 Å². The maximum Gasteiger partial charge on any atom is 0.238 e. The number of halogens is 1. The van der Waals surface area contributed by atoms with Crippen molar-refractivity contribution in [3.05, 3.63) is 35.6 Å². The number of rotatable bonds is 5. The maximum atomic E-state index is 12.4. The van der Waals surface area contributed by atoms with E-state index in [1.54, 1.807) is 18.5 Å². The summed E-state index contributed by atoms with van der Waals surface area (Å²) in [5.74, 6) is 2.02. The molecule has 29 heavy (non-hydrogen) atoms. The van der Waals surface area contributed by atoms with Crippen LogP contribution in [0.3, 0.4) is 0 Å². The van der Waals surface area contributed by atoms with Gasteiger partial charge in [0.15, 0.2) is 11.5 Å². The third-order valence-electron chi connectivity index (χ3n) is 5.22. The summed E-state index contributed by atoms with van der Waals surface area (Å²) in [4.78, 5) is 25.3. The molecule has 1 aromatic heterocycles. The number of likely N-dealkylation sites (tertiary alicyclic amines) is 1. The molecule has 0 atom stereocenters. The fourth-order valence-corrected chi connectivity index (χ4v) is 3.74. The predicted molar refractivity (Wildman–Crippen MR) is 111 cm³/mol. The van der Waals surface area contributed by atoms with E-state index in [0.717, 1.165) is 25.9 Å². The summed E-state index contributed by atoms with van der Waals surface area (Å²) in [5.41, 5.74) is 0.716. The Morgan fingerprint density at radius 3 is 2.62 bits per heavy atom. The van der Waals surface area contributed by atoms with Crippen LogP contribution in [0.15, 0.2) is 30.6 Å². The molecule has 0 unspecified atom stereocenters. The fraction of sp³-hybridized carbons (Fsp3) is 0.450. The van der Waals surface area contributed by atoms with Crippen molar-refractivity contribution in [2.75, 3.05) is 50.1 Å². The molecule has 2 aromatic rings. The molecular weight excluding hydrogens is 394 g/mol. The van der Waals surface area contributed by atoms with Gasteiger partial charge in [-0.25, -0.2) is 9.97 Å². The van der Waals surface area contributed by atoms with E-state index in [1.807, 2.05) is 19.2 Å². The summed E-state index contributed by atoms with van der Waals surface area (Å²) in [5, 5.41) is 3.47. The number of hydrogen-bond acceptors (Lipinski definition) is 7. The van der Waals surface area contributed by atoms with Crippen molar-refractivity contribution in [2.45, 2.75) is 18.9 Å². The highest BCUT2D eigenvalue weighted by molar-refractivity contribution is 6.30. The van der Waals surface area contributed by atoms with Gasteiger partial charge in [-0.2, -0.15) is 0 Å². The van der Waals surface area contributed by atoms with Crippen LogP contribution in [0.5, 0.6) is 11.5 Å². The minimum atomic E-state index is -0.0329. The third-order valence-corrected chi connectivity index (χ3v) is 5.42. The Labute approximate surface area is 174 Å². The maximum absolute atomic E-state index is 12.4. The number of amides is 1. The summed E-state index contributed by atoms with van der Waals surface area (Å²) in [6, 6.07) is 5.80. The number of piperidine rings is 1. The van der Waals surface area contributed by atoms with Crippen molar-refractivity contribution in [2.24, 2.45) is 0 Å². The minimum absolute atomic E-state index is 0.0329. The van der Waals surface area contributed by atoms with Gasteiger partial charge in [-0.15, -0.1) is 0 Å². The number of carbonyl (C=O) groups is 1. The molecular formula is C20H24ClN5O3. The number of carbonyl (C=O) groups excluding carboxylic acids is 1. The molecule has 1 fully saturated rings. The number of hydrogen-bond donors (Lipinski definition) is 1. The summed E-state index contributed by atoms with van der Waals surface area (Å²) < 4.78 is 11.1. The summed E-state index contributed by atoms with van der Waals surface area (Å²) >= 11 is 5.86. The lowest BCUT2D eigenvalue weighted by molar-refractivity contribution is -0.117. The first-order valence-electron chi connectivity index (χ1n) is 9.71. The van der Waals surface area contributed by atoms with Gasteiger partial charge in [-0.1, -0.05) is 11.6 Å². The Bertz CT molecular complexity index is 856. The zero-order valence-electron chi connectivity index (χ0n) is 16.3. The fourth-order valence-electron chi connectivity index (χ4n) is 3.64. The molecule has 8 nitrogen and oxygen atoms in total. The highest BCUT2D eigenvalue weighted by Crippen LogP contribution is 2.32. The molecule has 1 saturated heterocycles. The summed E-state index contributed by atoms with van der Waals surface area (Å²) in [6.07, 6.45) is 5.11. The number of fused-ring (bicyclic) bond motifs is 1. The van der Waals surface area contributed by atoms with Crippen LogP contribution in [0.2, 0.25) is 5.02 Å². The molecule has 0 spiro atoms. The average Bonchev–Trinajstić information content (AvgIpc) is 2.74. The molecule has 2 aliphatic heterocycles. The van der Waals surface area contributed by atoms with Crippen LogP contribution < -0.4 is 19.7 Å². The van der Waals surface area contributed by atoms with Crippen LogP contribution in [0.4, 0.5) is 11.6 Å². The molecule has 3 heterocycles. The second kappa shape index (κ2) is 8.84. The standard InChI is InChI=1S/C20H24ClN5O3/c1-25(20-22-11-14(21)12-23-20)16-4-6-26(7-5-16)13-19(27)24-15-2-3-17-18(10-15)29-9-8-28-17/h2-3,10-12,16H,4-9,13H2,1H3,(H,24,27). The van der Waals surface area contributed by atoms with E-state index in [2.05, 4.69) is 25.1 Å². The molecule has 1 amide bonds.